The Bertz CT molecular complexity index is 329. The Morgan fingerprint density at radius 2 is 1.65 bits per heavy atom. The summed E-state index contributed by atoms with van der Waals surface area (Å²) in [5.74, 6) is 0. The number of rotatable bonds is 4. The van der Waals surface area contributed by atoms with Gasteiger partial charge in [0, 0.05) is 12.1 Å². The van der Waals surface area contributed by atoms with E-state index >= 15 is 0 Å². The number of benzene rings is 1. The van der Waals surface area contributed by atoms with Gasteiger partial charge in [-0.1, -0.05) is 23.7 Å². The number of methoxy groups -OCH3 is 1. The average Bonchev–Trinajstić information content (AvgIpc) is 2.39. The van der Waals surface area contributed by atoms with Crippen molar-refractivity contribution < 1.29 is 9.47 Å². The predicted molar refractivity (Wildman–Crippen MR) is 69.3 cm³/mol. The van der Waals surface area contributed by atoms with Crippen molar-refractivity contribution in [3.63, 3.8) is 0 Å². The standard InChI is InChI=1S/C14H19ClO2/c1-16-13-6-8-14(9-7-13)17-10-11-2-4-12(15)5-3-11/h2-5,13-14H,6-10H2,1H3/t13-,14+. The number of hydrogen-bond donors (Lipinski definition) is 0. The van der Waals surface area contributed by atoms with Crippen LogP contribution in [0.5, 0.6) is 0 Å². The molecule has 0 heterocycles. The van der Waals surface area contributed by atoms with Crippen LogP contribution in [0.2, 0.25) is 5.02 Å². The Morgan fingerprint density at radius 3 is 2.24 bits per heavy atom. The molecule has 1 aromatic carbocycles. The fraction of sp³-hybridized carbons (Fsp3) is 0.571. The van der Waals surface area contributed by atoms with Crippen LogP contribution in [0.25, 0.3) is 0 Å². The molecule has 0 N–H and O–H groups in total. The summed E-state index contributed by atoms with van der Waals surface area (Å²) in [6.45, 7) is 0.680. The van der Waals surface area contributed by atoms with Gasteiger partial charge in [0.05, 0.1) is 18.8 Å². The van der Waals surface area contributed by atoms with Crippen LogP contribution in [0.15, 0.2) is 24.3 Å². The third-order valence-corrected chi connectivity index (χ3v) is 3.61. The summed E-state index contributed by atoms with van der Waals surface area (Å²) < 4.78 is 11.2. The summed E-state index contributed by atoms with van der Waals surface area (Å²) in [5, 5.41) is 0.773. The van der Waals surface area contributed by atoms with Crippen molar-refractivity contribution in [2.75, 3.05) is 7.11 Å². The second kappa shape index (κ2) is 6.39. The van der Waals surface area contributed by atoms with Gasteiger partial charge in [-0.3, -0.25) is 0 Å². The summed E-state index contributed by atoms with van der Waals surface area (Å²) in [6.07, 6.45) is 5.25. The zero-order valence-electron chi connectivity index (χ0n) is 10.2. The molecule has 2 nitrogen and oxygen atoms in total. The SMILES string of the molecule is CO[C@H]1CC[C@@H](OCc2ccc(Cl)cc2)CC1. The largest absolute Gasteiger partial charge is 0.381 e. The molecule has 1 saturated carbocycles. The zero-order valence-corrected chi connectivity index (χ0v) is 11.0. The lowest BCUT2D eigenvalue weighted by atomic mass is 9.95. The maximum absolute atomic E-state index is 5.90. The highest BCUT2D eigenvalue weighted by Crippen LogP contribution is 2.24. The summed E-state index contributed by atoms with van der Waals surface area (Å²) in [6, 6.07) is 7.84. The lowest BCUT2D eigenvalue weighted by Gasteiger charge is -2.27. The lowest BCUT2D eigenvalue weighted by Crippen LogP contribution is -2.25. The minimum absolute atomic E-state index is 0.386. The highest BCUT2D eigenvalue weighted by Gasteiger charge is 2.20. The van der Waals surface area contributed by atoms with Crippen LogP contribution in [0, 0.1) is 0 Å². The van der Waals surface area contributed by atoms with Crippen LogP contribution in [0.1, 0.15) is 31.2 Å². The third-order valence-electron chi connectivity index (χ3n) is 3.35. The van der Waals surface area contributed by atoms with Gasteiger partial charge in [0.25, 0.3) is 0 Å². The van der Waals surface area contributed by atoms with Crippen molar-refractivity contribution in [3.05, 3.63) is 34.9 Å². The van der Waals surface area contributed by atoms with E-state index in [9.17, 15) is 0 Å². The van der Waals surface area contributed by atoms with E-state index in [1.807, 2.05) is 24.3 Å². The van der Waals surface area contributed by atoms with Crippen LogP contribution in [-0.4, -0.2) is 19.3 Å². The molecule has 1 fully saturated rings. The van der Waals surface area contributed by atoms with Crippen molar-refractivity contribution in [2.24, 2.45) is 0 Å². The number of halogens is 1. The highest BCUT2D eigenvalue weighted by molar-refractivity contribution is 6.30. The van der Waals surface area contributed by atoms with Gasteiger partial charge in [-0.2, -0.15) is 0 Å². The monoisotopic (exact) mass is 254 g/mol. The molecule has 94 valence electrons. The fourth-order valence-corrected chi connectivity index (χ4v) is 2.36. The minimum atomic E-state index is 0.386. The second-order valence-electron chi connectivity index (χ2n) is 4.57. The minimum Gasteiger partial charge on any atom is -0.381 e. The van der Waals surface area contributed by atoms with E-state index in [0.29, 0.717) is 18.8 Å². The highest BCUT2D eigenvalue weighted by atomic mass is 35.5. The van der Waals surface area contributed by atoms with Crippen molar-refractivity contribution in [1.82, 2.24) is 0 Å². The van der Waals surface area contributed by atoms with E-state index in [2.05, 4.69) is 0 Å². The molecular weight excluding hydrogens is 236 g/mol. The van der Waals surface area contributed by atoms with Gasteiger partial charge >= 0.3 is 0 Å². The topological polar surface area (TPSA) is 18.5 Å². The van der Waals surface area contributed by atoms with Crippen molar-refractivity contribution in [1.29, 1.82) is 0 Å². The molecule has 0 aromatic heterocycles. The maximum Gasteiger partial charge on any atom is 0.0720 e. The smallest absolute Gasteiger partial charge is 0.0720 e. The molecule has 0 saturated heterocycles. The van der Waals surface area contributed by atoms with Gasteiger partial charge in [0.1, 0.15) is 0 Å². The molecule has 1 aliphatic carbocycles. The Morgan fingerprint density at radius 1 is 1.06 bits per heavy atom. The Hall–Kier alpha value is -0.570. The molecule has 1 aliphatic rings. The molecule has 1 aromatic rings. The molecule has 0 atom stereocenters. The van der Waals surface area contributed by atoms with E-state index in [4.69, 9.17) is 21.1 Å². The van der Waals surface area contributed by atoms with Crippen molar-refractivity contribution >= 4 is 11.6 Å². The van der Waals surface area contributed by atoms with Gasteiger partial charge in [-0.25, -0.2) is 0 Å². The average molecular weight is 255 g/mol. The van der Waals surface area contributed by atoms with E-state index < -0.39 is 0 Å². The maximum atomic E-state index is 5.90. The molecule has 0 unspecified atom stereocenters. The van der Waals surface area contributed by atoms with Crippen LogP contribution in [0.4, 0.5) is 0 Å². The third kappa shape index (κ3) is 3.98. The summed E-state index contributed by atoms with van der Waals surface area (Å²) in [4.78, 5) is 0. The Kier molecular flexibility index (Phi) is 4.84. The first kappa shape index (κ1) is 12.9. The van der Waals surface area contributed by atoms with E-state index in [1.165, 1.54) is 5.56 Å². The van der Waals surface area contributed by atoms with Gasteiger partial charge in [-0.05, 0) is 43.4 Å². The number of hydrogen-bond acceptors (Lipinski definition) is 2. The molecule has 2 rings (SSSR count). The first-order valence-electron chi connectivity index (χ1n) is 6.17. The fourth-order valence-electron chi connectivity index (χ4n) is 2.23. The molecule has 0 amide bonds. The van der Waals surface area contributed by atoms with Crippen molar-refractivity contribution in [2.45, 2.75) is 44.5 Å². The molecule has 0 aliphatic heterocycles. The van der Waals surface area contributed by atoms with Crippen LogP contribution >= 0.6 is 11.6 Å². The van der Waals surface area contributed by atoms with Crippen LogP contribution < -0.4 is 0 Å². The molecule has 0 spiro atoms. The lowest BCUT2D eigenvalue weighted by molar-refractivity contribution is -0.0235. The molecular formula is C14H19ClO2. The molecule has 17 heavy (non-hydrogen) atoms. The number of ether oxygens (including phenoxy) is 2. The van der Waals surface area contributed by atoms with Crippen LogP contribution in [0.3, 0.4) is 0 Å². The normalized spacial score (nSPS) is 24.8. The van der Waals surface area contributed by atoms with E-state index in [0.717, 1.165) is 30.7 Å². The van der Waals surface area contributed by atoms with Crippen molar-refractivity contribution in [3.8, 4) is 0 Å². The van der Waals surface area contributed by atoms with Gasteiger partial charge in [0.2, 0.25) is 0 Å². The zero-order chi connectivity index (χ0) is 12.1. The van der Waals surface area contributed by atoms with E-state index in [-0.39, 0.29) is 0 Å². The summed E-state index contributed by atoms with van der Waals surface area (Å²) in [5.41, 5.74) is 1.18. The Balaban J connectivity index is 1.74. The molecule has 3 heteroatoms. The summed E-state index contributed by atoms with van der Waals surface area (Å²) >= 11 is 5.84. The first-order chi connectivity index (χ1) is 8.28. The first-order valence-corrected chi connectivity index (χ1v) is 6.54. The van der Waals surface area contributed by atoms with Gasteiger partial charge in [0.15, 0.2) is 0 Å². The Labute approximate surface area is 108 Å². The molecule has 0 bridgehead atoms. The predicted octanol–water partition coefficient (Wildman–Crippen LogP) is 3.81. The van der Waals surface area contributed by atoms with E-state index in [1.54, 1.807) is 7.11 Å². The molecule has 0 radical (unpaired) electrons. The quantitative estimate of drug-likeness (QED) is 0.813. The van der Waals surface area contributed by atoms with Gasteiger partial charge in [-0.15, -0.1) is 0 Å². The van der Waals surface area contributed by atoms with Gasteiger partial charge < -0.3 is 9.47 Å². The van der Waals surface area contributed by atoms with Crippen LogP contribution in [-0.2, 0) is 16.1 Å². The summed E-state index contributed by atoms with van der Waals surface area (Å²) in [7, 11) is 1.79. The second-order valence-corrected chi connectivity index (χ2v) is 5.01.